The van der Waals surface area contributed by atoms with Crippen molar-refractivity contribution in [3.63, 3.8) is 0 Å². The second-order valence-corrected chi connectivity index (χ2v) is 9.81. The van der Waals surface area contributed by atoms with Crippen LogP contribution in [0.1, 0.15) is 21.5 Å². The van der Waals surface area contributed by atoms with Gasteiger partial charge in [0.1, 0.15) is 10.6 Å². The lowest BCUT2D eigenvalue weighted by molar-refractivity contribution is 0.102. The van der Waals surface area contributed by atoms with Gasteiger partial charge in [-0.15, -0.1) is 0 Å². The van der Waals surface area contributed by atoms with Crippen LogP contribution in [0.2, 0.25) is 10.0 Å². The van der Waals surface area contributed by atoms with Gasteiger partial charge in [0, 0.05) is 17.8 Å². The van der Waals surface area contributed by atoms with Crippen LogP contribution in [0.5, 0.6) is 5.75 Å². The summed E-state index contributed by atoms with van der Waals surface area (Å²) in [6.45, 7) is 3.28. The minimum absolute atomic E-state index is 0.0861. The third-order valence-electron chi connectivity index (χ3n) is 5.04. The van der Waals surface area contributed by atoms with Gasteiger partial charge in [0.05, 0.1) is 23.4 Å². The van der Waals surface area contributed by atoms with E-state index in [4.69, 9.17) is 27.9 Å². The van der Waals surface area contributed by atoms with Gasteiger partial charge < -0.3 is 10.1 Å². The lowest BCUT2D eigenvalue weighted by atomic mass is 10.1. The van der Waals surface area contributed by atoms with E-state index in [0.29, 0.717) is 27.6 Å². The molecule has 0 aliphatic carbocycles. The molecule has 0 aliphatic rings. The van der Waals surface area contributed by atoms with E-state index in [2.05, 4.69) is 5.32 Å². The molecule has 9 heteroatoms. The number of aryl methyl sites for hydroxylation is 1. The first-order valence-corrected chi connectivity index (χ1v) is 11.8. The summed E-state index contributed by atoms with van der Waals surface area (Å²) in [4.78, 5) is 12.9. The Morgan fingerprint density at radius 3 is 2.28 bits per heavy atom. The molecule has 0 fully saturated rings. The van der Waals surface area contributed by atoms with E-state index < -0.39 is 15.9 Å². The second-order valence-electron chi connectivity index (χ2n) is 7.12. The second kappa shape index (κ2) is 9.40. The lowest BCUT2D eigenvalue weighted by Crippen LogP contribution is -2.30. The highest BCUT2D eigenvalue weighted by Gasteiger charge is 2.30. The van der Waals surface area contributed by atoms with E-state index in [1.165, 1.54) is 7.05 Å². The molecule has 0 aliphatic heterocycles. The molecule has 0 heterocycles. The number of halogens is 2. The number of carbonyl (C=O) groups is 1. The Bertz CT molecular complexity index is 1250. The number of nitrogens with one attached hydrogen (secondary N) is 1. The van der Waals surface area contributed by atoms with Gasteiger partial charge in [0.2, 0.25) is 0 Å². The number of sulfonamides is 1. The van der Waals surface area contributed by atoms with E-state index in [-0.39, 0.29) is 21.2 Å². The van der Waals surface area contributed by atoms with Crippen LogP contribution in [0.15, 0.2) is 59.5 Å². The van der Waals surface area contributed by atoms with Crippen LogP contribution in [-0.4, -0.2) is 28.5 Å². The molecule has 3 aromatic carbocycles. The molecule has 0 bridgehead atoms. The summed E-state index contributed by atoms with van der Waals surface area (Å²) >= 11 is 12.6. The fraction of sp³-hybridized carbons (Fsp3) is 0.174. The van der Waals surface area contributed by atoms with Crippen LogP contribution >= 0.6 is 23.2 Å². The third-order valence-corrected chi connectivity index (χ3v) is 7.98. The third kappa shape index (κ3) is 4.55. The van der Waals surface area contributed by atoms with E-state index >= 15 is 0 Å². The first-order chi connectivity index (χ1) is 15.1. The average molecular weight is 493 g/mol. The fourth-order valence-corrected chi connectivity index (χ4v) is 5.58. The SMILES string of the molecule is COc1ccc(NC(=O)c2ccccc2N(C)S(=O)(=O)c2c(C)c(Cl)cc(C)c2Cl)cc1. The summed E-state index contributed by atoms with van der Waals surface area (Å²) in [6.07, 6.45) is 0. The maximum absolute atomic E-state index is 13.5. The van der Waals surface area contributed by atoms with E-state index in [0.717, 1.165) is 4.31 Å². The molecular weight excluding hydrogens is 471 g/mol. The first kappa shape index (κ1) is 23.9. The number of carbonyl (C=O) groups excluding carboxylic acids is 1. The quantitative estimate of drug-likeness (QED) is 0.478. The zero-order valence-corrected chi connectivity index (χ0v) is 20.3. The van der Waals surface area contributed by atoms with Gasteiger partial charge in [-0.3, -0.25) is 9.10 Å². The van der Waals surface area contributed by atoms with Gasteiger partial charge in [0.25, 0.3) is 15.9 Å². The van der Waals surface area contributed by atoms with Crippen LogP contribution in [0, 0.1) is 13.8 Å². The van der Waals surface area contributed by atoms with Crippen molar-refractivity contribution in [2.24, 2.45) is 0 Å². The molecule has 0 radical (unpaired) electrons. The van der Waals surface area contributed by atoms with Gasteiger partial charge in [-0.2, -0.15) is 0 Å². The topological polar surface area (TPSA) is 75.7 Å². The highest BCUT2D eigenvalue weighted by atomic mass is 35.5. The minimum Gasteiger partial charge on any atom is -0.497 e. The summed E-state index contributed by atoms with van der Waals surface area (Å²) in [7, 11) is -1.19. The molecule has 168 valence electrons. The molecule has 0 aromatic heterocycles. The summed E-state index contributed by atoms with van der Waals surface area (Å²) in [5.74, 6) is 0.191. The van der Waals surface area contributed by atoms with Crippen LogP contribution in [0.4, 0.5) is 11.4 Å². The van der Waals surface area contributed by atoms with Gasteiger partial charge in [0.15, 0.2) is 0 Å². The molecule has 6 nitrogen and oxygen atoms in total. The number of rotatable bonds is 6. The van der Waals surface area contributed by atoms with Crippen molar-refractivity contribution in [2.45, 2.75) is 18.7 Å². The molecule has 0 saturated heterocycles. The normalized spacial score (nSPS) is 11.2. The molecular formula is C23H22Cl2N2O4S. The Hall–Kier alpha value is -2.74. The summed E-state index contributed by atoms with van der Waals surface area (Å²) in [5, 5.41) is 3.17. The summed E-state index contributed by atoms with van der Waals surface area (Å²) in [6, 6.07) is 14.9. The number of hydrogen-bond donors (Lipinski definition) is 1. The lowest BCUT2D eigenvalue weighted by Gasteiger charge is -2.24. The molecule has 1 amide bonds. The largest absolute Gasteiger partial charge is 0.497 e. The molecule has 32 heavy (non-hydrogen) atoms. The maximum atomic E-state index is 13.5. The van der Waals surface area contributed by atoms with Crippen molar-refractivity contribution in [3.05, 3.63) is 81.3 Å². The number of methoxy groups -OCH3 is 1. The van der Waals surface area contributed by atoms with Crippen molar-refractivity contribution >= 4 is 50.5 Å². The zero-order chi connectivity index (χ0) is 23.6. The molecule has 0 atom stereocenters. The highest BCUT2D eigenvalue weighted by Crippen LogP contribution is 2.37. The molecule has 0 unspecified atom stereocenters. The van der Waals surface area contributed by atoms with Crippen molar-refractivity contribution < 1.29 is 17.9 Å². The number of anilines is 2. The fourth-order valence-electron chi connectivity index (χ4n) is 3.20. The van der Waals surface area contributed by atoms with Gasteiger partial charge in [-0.05, 0) is 67.4 Å². The van der Waals surface area contributed by atoms with Crippen molar-refractivity contribution in [3.8, 4) is 5.75 Å². The van der Waals surface area contributed by atoms with Crippen molar-refractivity contribution in [2.75, 3.05) is 23.8 Å². The Labute approximate surface area is 197 Å². The number of benzene rings is 3. The van der Waals surface area contributed by atoms with Gasteiger partial charge >= 0.3 is 0 Å². The predicted octanol–water partition coefficient (Wildman–Crippen LogP) is 5.70. The van der Waals surface area contributed by atoms with Crippen molar-refractivity contribution in [1.29, 1.82) is 0 Å². The van der Waals surface area contributed by atoms with Gasteiger partial charge in [-0.25, -0.2) is 8.42 Å². The van der Waals surface area contributed by atoms with Crippen molar-refractivity contribution in [1.82, 2.24) is 0 Å². The summed E-state index contributed by atoms with van der Waals surface area (Å²) < 4.78 is 33.2. The van der Waals surface area contributed by atoms with Crippen LogP contribution in [-0.2, 0) is 10.0 Å². The van der Waals surface area contributed by atoms with E-state index in [1.54, 1.807) is 75.6 Å². The van der Waals surface area contributed by atoms with Crippen LogP contribution in [0.3, 0.4) is 0 Å². The van der Waals surface area contributed by atoms with E-state index in [1.807, 2.05) is 0 Å². The summed E-state index contributed by atoms with van der Waals surface area (Å²) in [5.41, 5.74) is 1.81. The predicted molar refractivity (Wildman–Crippen MR) is 129 cm³/mol. The Kier molecular flexibility index (Phi) is 7.03. The monoisotopic (exact) mass is 492 g/mol. The number of ether oxygens (including phenoxy) is 1. The molecule has 3 rings (SSSR count). The molecule has 0 saturated carbocycles. The highest BCUT2D eigenvalue weighted by molar-refractivity contribution is 7.93. The standard InChI is InChI=1S/C23H22Cl2N2O4S/c1-14-13-19(24)15(2)22(21(14)25)32(29,30)27(3)20-8-6-5-7-18(20)23(28)26-16-9-11-17(31-4)12-10-16/h5-13H,1-4H3,(H,26,28). The smallest absolute Gasteiger partial charge is 0.265 e. The minimum atomic E-state index is -4.12. The molecule has 0 spiro atoms. The van der Waals surface area contributed by atoms with Crippen LogP contribution in [0.25, 0.3) is 0 Å². The number of amides is 1. The van der Waals surface area contributed by atoms with Gasteiger partial charge in [-0.1, -0.05) is 35.3 Å². The Morgan fingerprint density at radius 2 is 1.66 bits per heavy atom. The molecule has 1 N–H and O–H groups in total. The zero-order valence-electron chi connectivity index (χ0n) is 17.9. The maximum Gasteiger partial charge on any atom is 0.265 e. The number of nitrogens with zero attached hydrogens (tertiary/aromatic N) is 1. The Balaban J connectivity index is 2.01. The number of para-hydroxylation sites is 1. The number of hydrogen-bond acceptors (Lipinski definition) is 4. The molecule has 3 aromatic rings. The van der Waals surface area contributed by atoms with E-state index in [9.17, 15) is 13.2 Å². The van der Waals surface area contributed by atoms with Crippen LogP contribution < -0.4 is 14.4 Å². The average Bonchev–Trinajstić information content (AvgIpc) is 2.77. The Morgan fingerprint density at radius 1 is 1.03 bits per heavy atom. The first-order valence-electron chi connectivity index (χ1n) is 9.56.